The Kier molecular flexibility index (Phi) is 4.18. The van der Waals surface area contributed by atoms with Gasteiger partial charge < -0.3 is 10.2 Å². The highest BCUT2D eigenvalue weighted by Gasteiger charge is 2.22. The monoisotopic (exact) mass is 247 g/mol. The van der Waals surface area contributed by atoms with Crippen LogP contribution in [0.2, 0.25) is 0 Å². The molecule has 18 heavy (non-hydrogen) atoms. The third kappa shape index (κ3) is 3.00. The van der Waals surface area contributed by atoms with Crippen LogP contribution in [0.4, 0.5) is 5.69 Å². The van der Waals surface area contributed by atoms with Gasteiger partial charge in [-0.25, -0.2) is 0 Å². The number of rotatable bonds is 3. The minimum absolute atomic E-state index is 0.177. The molecule has 1 aromatic heterocycles. The van der Waals surface area contributed by atoms with E-state index in [1.54, 1.807) is 12.4 Å². The van der Waals surface area contributed by atoms with Crippen LogP contribution in [0.15, 0.2) is 18.5 Å². The predicted octanol–water partition coefficient (Wildman–Crippen LogP) is 2.20. The summed E-state index contributed by atoms with van der Waals surface area (Å²) in [4.78, 5) is 18.3. The summed E-state index contributed by atoms with van der Waals surface area (Å²) in [6, 6.07) is 1.74. The van der Waals surface area contributed by atoms with E-state index in [1.807, 2.05) is 24.8 Å². The normalized spacial score (nSPS) is 17.3. The SMILES string of the molecule is Cc1cnccc1NC(C)C(=O)N1CCCCC1. The fourth-order valence-electron chi connectivity index (χ4n) is 2.32. The van der Waals surface area contributed by atoms with Crippen LogP contribution < -0.4 is 5.32 Å². The van der Waals surface area contributed by atoms with Gasteiger partial charge in [-0.1, -0.05) is 0 Å². The smallest absolute Gasteiger partial charge is 0.244 e. The second-order valence-electron chi connectivity index (χ2n) is 4.94. The molecule has 0 bridgehead atoms. The van der Waals surface area contributed by atoms with E-state index in [1.165, 1.54) is 6.42 Å². The number of aryl methyl sites for hydroxylation is 1. The minimum Gasteiger partial charge on any atom is -0.374 e. The first-order chi connectivity index (χ1) is 8.68. The maximum absolute atomic E-state index is 12.3. The summed E-state index contributed by atoms with van der Waals surface area (Å²) in [6.45, 7) is 5.73. The lowest BCUT2D eigenvalue weighted by molar-refractivity contribution is -0.132. The summed E-state index contributed by atoms with van der Waals surface area (Å²) < 4.78 is 0. The summed E-state index contributed by atoms with van der Waals surface area (Å²) in [5, 5.41) is 3.28. The first-order valence-electron chi connectivity index (χ1n) is 6.64. The molecule has 0 aliphatic carbocycles. The van der Waals surface area contributed by atoms with E-state index in [0.29, 0.717) is 0 Å². The van der Waals surface area contributed by atoms with Gasteiger partial charge in [0, 0.05) is 31.2 Å². The van der Waals surface area contributed by atoms with Gasteiger partial charge in [0.05, 0.1) is 0 Å². The summed E-state index contributed by atoms with van der Waals surface area (Å²) in [5.41, 5.74) is 2.05. The Labute approximate surface area is 108 Å². The summed E-state index contributed by atoms with van der Waals surface area (Å²) in [6.07, 6.45) is 7.06. The number of nitrogens with one attached hydrogen (secondary N) is 1. The number of piperidine rings is 1. The Morgan fingerprint density at radius 1 is 1.39 bits per heavy atom. The molecule has 0 saturated carbocycles. The van der Waals surface area contributed by atoms with E-state index < -0.39 is 0 Å². The Hall–Kier alpha value is -1.58. The second kappa shape index (κ2) is 5.85. The minimum atomic E-state index is -0.177. The van der Waals surface area contributed by atoms with Crippen molar-refractivity contribution in [3.63, 3.8) is 0 Å². The molecule has 0 aromatic carbocycles. The van der Waals surface area contributed by atoms with Crippen LogP contribution in [0.25, 0.3) is 0 Å². The Morgan fingerprint density at radius 3 is 2.78 bits per heavy atom. The molecule has 1 amide bonds. The van der Waals surface area contributed by atoms with Crippen molar-refractivity contribution in [3.05, 3.63) is 24.0 Å². The topological polar surface area (TPSA) is 45.2 Å². The van der Waals surface area contributed by atoms with Crippen LogP contribution in [0, 0.1) is 6.92 Å². The van der Waals surface area contributed by atoms with Crippen molar-refractivity contribution in [1.29, 1.82) is 0 Å². The van der Waals surface area contributed by atoms with E-state index >= 15 is 0 Å². The third-order valence-corrected chi connectivity index (χ3v) is 3.43. The zero-order valence-electron chi connectivity index (χ0n) is 11.1. The van der Waals surface area contributed by atoms with Crippen molar-refractivity contribution < 1.29 is 4.79 Å². The van der Waals surface area contributed by atoms with Gasteiger partial charge in [-0.05, 0) is 44.7 Å². The maximum atomic E-state index is 12.3. The number of likely N-dealkylation sites (tertiary alicyclic amines) is 1. The van der Waals surface area contributed by atoms with E-state index in [9.17, 15) is 4.79 Å². The van der Waals surface area contributed by atoms with E-state index in [0.717, 1.165) is 37.2 Å². The highest BCUT2D eigenvalue weighted by Crippen LogP contribution is 2.15. The molecule has 1 N–H and O–H groups in total. The number of anilines is 1. The van der Waals surface area contributed by atoms with E-state index in [2.05, 4.69) is 10.3 Å². The second-order valence-corrected chi connectivity index (χ2v) is 4.94. The van der Waals surface area contributed by atoms with Gasteiger partial charge in [0.25, 0.3) is 0 Å². The van der Waals surface area contributed by atoms with Crippen LogP contribution in [-0.2, 0) is 4.79 Å². The first-order valence-corrected chi connectivity index (χ1v) is 6.64. The van der Waals surface area contributed by atoms with Crippen LogP contribution in [0.5, 0.6) is 0 Å². The van der Waals surface area contributed by atoms with Gasteiger partial charge >= 0.3 is 0 Å². The summed E-state index contributed by atoms with van der Waals surface area (Å²) in [7, 11) is 0. The number of carbonyl (C=O) groups is 1. The van der Waals surface area contributed by atoms with Crippen molar-refractivity contribution in [2.45, 2.75) is 39.2 Å². The summed E-state index contributed by atoms with van der Waals surface area (Å²) >= 11 is 0. The number of aromatic nitrogens is 1. The molecule has 1 aliphatic heterocycles. The van der Waals surface area contributed by atoms with Crippen molar-refractivity contribution in [2.75, 3.05) is 18.4 Å². The number of carbonyl (C=O) groups excluding carboxylic acids is 1. The zero-order valence-corrected chi connectivity index (χ0v) is 11.1. The first kappa shape index (κ1) is 12.9. The third-order valence-electron chi connectivity index (χ3n) is 3.43. The predicted molar refractivity (Wildman–Crippen MR) is 72.5 cm³/mol. The molecule has 1 saturated heterocycles. The van der Waals surface area contributed by atoms with Crippen molar-refractivity contribution in [1.82, 2.24) is 9.88 Å². The molecule has 98 valence electrons. The van der Waals surface area contributed by atoms with Crippen molar-refractivity contribution in [2.24, 2.45) is 0 Å². The fourth-order valence-corrected chi connectivity index (χ4v) is 2.32. The van der Waals surface area contributed by atoms with Crippen molar-refractivity contribution in [3.8, 4) is 0 Å². The van der Waals surface area contributed by atoms with Gasteiger partial charge in [0.1, 0.15) is 6.04 Å². The average molecular weight is 247 g/mol. The molecular weight excluding hydrogens is 226 g/mol. The maximum Gasteiger partial charge on any atom is 0.244 e. The molecule has 1 unspecified atom stereocenters. The Bertz CT molecular complexity index is 413. The molecule has 2 heterocycles. The lowest BCUT2D eigenvalue weighted by Crippen LogP contribution is -2.43. The molecule has 2 rings (SSSR count). The highest BCUT2D eigenvalue weighted by molar-refractivity contribution is 5.84. The lowest BCUT2D eigenvalue weighted by atomic mass is 10.1. The number of hydrogen-bond acceptors (Lipinski definition) is 3. The summed E-state index contributed by atoms with van der Waals surface area (Å²) in [5.74, 6) is 0.200. The Morgan fingerprint density at radius 2 is 2.11 bits per heavy atom. The van der Waals surface area contributed by atoms with Gasteiger partial charge in [-0.2, -0.15) is 0 Å². The average Bonchev–Trinajstić information content (AvgIpc) is 2.41. The number of amides is 1. The van der Waals surface area contributed by atoms with Crippen LogP contribution in [-0.4, -0.2) is 34.9 Å². The number of pyridine rings is 1. The quantitative estimate of drug-likeness (QED) is 0.890. The zero-order chi connectivity index (χ0) is 13.0. The standard InChI is InChI=1S/C14H21N3O/c1-11-10-15-7-6-13(11)16-12(2)14(18)17-8-4-3-5-9-17/h6-7,10,12H,3-5,8-9H2,1-2H3,(H,15,16). The van der Waals surface area contributed by atoms with Crippen LogP contribution in [0.1, 0.15) is 31.7 Å². The fraction of sp³-hybridized carbons (Fsp3) is 0.571. The lowest BCUT2D eigenvalue weighted by Gasteiger charge is -2.30. The number of hydrogen-bond donors (Lipinski definition) is 1. The molecular formula is C14H21N3O. The van der Waals surface area contributed by atoms with Gasteiger partial charge in [0.15, 0.2) is 0 Å². The Balaban J connectivity index is 1.96. The van der Waals surface area contributed by atoms with E-state index in [-0.39, 0.29) is 11.9 Å². The van der Waals surface area contributed by atoms with Gasteiger partial charge in [-0.3, -0.25) is 9.78 Å². The molecule has 1 aliphatic rings. The molecule has 1 aromatic rings. The molecule has 0 radical (unpaired) electrons. The molecule has 4 heteroatoms. The molecule has 0 spiro atoms. The van der Waals surface area contributed by atoms with Gasteiger partial charge in [-0.15, -0.1) is 0 Å². The highest BCUT2D eigenvalue weighted by atomic mass is 16.2. The van der Waals surface area contributed by atoms with Crippen LogP contribution >= 0.6 is 0 Å². The van der Waals surface area contributed by atoms with Crippen LogP contribution in [0.3, 0.4) is 0 Å². The molecule has 1 atom stereocenters. The molecule has 1 fully saturated rings. The van der Waals surface area contributed by atoms with Crippen molar-refractivity contribution >= 4 is 11.6 Å². The van der Waals surface area contributed by atoms with Gasteiger partial charge in [0.2, 0.25) is 5.91 Å². The molecule has 4 nitrogen and oxygen atoms in total. The largest absolute Gasteiger partial charge is 0.374 e. The van der Waals surface area contributed by atoms with E-state index in [4.69, 9.17) is 0 Å². The number of nitrogens with zero attached hydrogens (tertiary/aromatic N) is 2.